The number of nitrogens with one attached hydrogen (secondary N) is 1. The van der Waals surface area contributed by atoms with Gasteiger partial charge in [0, 0.05) is 17.7 Å². The molecule has 0 aromatic heterocycles. The van der Waals surface area contributed by atoms with Crippen molar-refractivity contribution >= 4 is 21.4 Å². The number of benzene rings is 2. The minimum absolute atomic E-state index is 0.0884. The molecule has 0 saturated carbocycles. The zero-order chi connectivity index (χ0) is 18.7. The fraction of sp³-hybridized carbons (Fsp3) is 0.350. The van der Waals surface area contributed by atoms with Gasteiger partial charge >= 0.3 is 0 Å². The first kappa shape index (κ1) is 18.6. The molecule has 1 amide bonds. The van der Waals surface area contributed by atoms with Crippen molar-refractivity contribution in [1.82, 2.24) is 0 Å². The van der Waals surface area contributed by atoms with E-state index in [2.05, 4.69) is 5.32 Å². The molecule has 5 nitrogen and oxygen atoms in total. The smallest absolute Gasteiger partial charge is 0.287 e. The molecule has 0 spiro atoms. The Labute approximate surface area is 154 Å². The number of carbonyl (C=O) groups excluding carboxylic acids is 1. The van der Waals surface area contributed by atoms with Gasteiger partial charge < -0.3 is 10.6 Å². The second kappa shape index (κ2) is 7.60. The van der Waals surface area contributed by atoms with Crippen LogP contribution >= 0.6 is 0 Å². The lowest BCUT2D eigenvalue weighted by Gasteiger charge is -2.20. The molecule has 0 aliphatic carbocycles. The molecule has 1 fully saturated rings. The monoisotopic (exact) mass is 373 g/mol. The Balaban J connectivity index is 1.83. The molecule has 6 heteroatoms. The molecule has 0 bridgehead atoms. The summed E-state index contributed by atoms with van der Waals surface area (Å²) in [6.07, 6.45) is 0.586. The maximum Gasteiger partial charge on any atom is 0.287 e. The molecule has 0 unspecified atom stereocenters. The van der Waals surface area contributed by atoms with Crippen molar-refractivity contribution in [2.45, 2.75) is 32.4 Å². The van der Waals surface area contributed by atoms with Crippen molar-refractivity contribution in [3.63, 3.8) is 0 Å². The molecule has 138 valence electrons. The third kappa shape index (κ3) is 4.51. The van der Waals surface area contributed by atoms with Crippen molar-refractivity contribution in [3.8, 4) is 0 Å². The molecule has 0 radical (unpaired) electrons. The summed E-state index contributed by atoms with van der Waals surface area (Å²) in [7, 11) is -2.98. The molecular weight excluding hydrogens is 348 g/mol. The molecule has 3 N–H and O–H groups in total. The van der Waals surface area contributed by atoms with Gasteiger partial charge in [-0.15, -0.1) is 0 Å². The molecule has 2 aromatic rings. The highest BCUT2D eigenvalue weighted by Gasteiger charge is 2.35. The first-order chi connectivity index (χ1) is 12.3. The normalized spacial score (nSPS) is 19.8. The Kier molecular flexibility index (Phi) is 5.44. The molecule has 26 heavy (non-hydrogen) atoms. The van der Waals surface area contributed by atoms with Gasteiger partial charge in [-0.05, 0) is 31.0 Å². The second-order valence-electron chi connectivity index (χ2n) is 7.05. The Bertz CT molecular complexity index is 895. The quantitative estimate of drug-likeness (QED) is 0.838. The number of sulfone groups is 1. The Morgan fingerprint density at radius 1 is 1.15 bits per heavy atom. The van der Waals surface area contributed by atoms with E-state index in [9.17, 15) is 13.2 Å². The minimum atomic E-state index is -2.98. The number of anilines is 1. The Morgan fingerprint density at radius 3 is 2.54 bits per heavy atom. The van der Waals surface area contributed by atoms with Gasteiger partial charge in [-0.1, -0.05) is 42.5 Å². The van der Waals surface area contributed by atoms with Crippen LogP contribution in [0, 0.1) is 13.8 Å². The Morgan fingerprint density at radius 2 is 1.88 bits per heavy atom. The molecule has 1 aliphatic rings. The first-order valence-electron chi connectivity index (χ1n) is 8.82. The van der Waals surface area contributed by atoms with Crippen LogP contribution in [-0.2, 0) is 14.6 Å². The van der Waals surface area contributed by atoms with Crippen LogP contribution < -0.4 is 10.6 Å². The summed E-state index contributed by atoms with van der Waals surface area (Å²) >= 11 is 0. The van der Waals surface area contributed by atoms with Crippen LogP contribution in [0.2, 0.25) is 0 Å². The number of quaternary nitrogens is 1. The zero-order valence-electron chi connectivity index (χ0n) is 15.1. The summed E-state index contributed by atoms with van der Waals surface area (Å²) in [5, 5.41) is 4.93. The third-order valence-electron chi connectivity index (χ3n) is 4.82. The van der Waals surface area contributed by atoms with Gasteiger partial charge in [0.15, 0.2) is 15.9 Å². The maximum atomic E-state index is 13.0. The van der Waals surface area contributed by atoms with Crippen molar-refractivity contribution in [2.75, 3.05) is 16.8 Å². The van der Waals surface area contributed by atoms with E-state index in [-0.39, 0.29) is 23.5 Å². The molecular formula is C20H25N2O3S+. The predicted molar refractivity (Wildman–Crippen MR) is 103 cm³/mol. The van der Waals surface area contributed by atoms with Gasteiger partial charge in [0.25, 0.3) is 5.91 Å². The van der Waals surface area contributed by atoms with Gasteiger partial charge in [0.2, 0.25) is 0 Å². The molecule has 1 saturated heterocycles. The first-order valence-corrected chi connectivity index (χ1v) is 10.6. The lowest BCUT2D eigenvalue weighted by atomic mass is 10.0. The predicted octanol–water partition coefficient (Wildman–Crippen LogP) is 1.73. The van der Waals surface area contributed by atoms with Crippen LogP contribution in [0.5, 0.6) is 0 Å². The molecule has 1 aliphatic heterocycles. The van der Waals surface area contributed by atoms with Crippen LogP contribution in [0.25, 0.3) is 0 Å². The molecule has 3 rings (SSSR count). The van der Waals surface area contributed by atoms with Gasteiger partial charge in [-0.25, -0.2) is 8.42 Å². The van der Waals surface area contributed by atoms with E-state index in [0.29, 0.717) is 6.42 Å². The SMILES string of the molecule is Cc1ccc(C)c(NC(=O)[C@@H]([NH2+][C@H]2CCS(=O)(=O)C2)c2ccccc2)c1. The van der Waals surface area contributed by atoms with Crippen LogP contribution in [0.3, 0.4) is 0 Å². The van der Waals surface area contributed by atoms with E-state index < -0.39 is 15.9 Å². The number of hydrogen-bond donors (Lipinski definition) is 2. The van der Waals surface area contributed by atoms with Crippen molar-refractivity contribution < 1.29 is 18.5 Å². The topological polar surface area (TPSA) is 79.8 Å². The highest BCUT2D eigenvalue weighted by molar-refractivity contribution is 7.91. The third-order valence-corrected chi connectivity index (χ3v) is 6.62. The zero-order valence-corrected chi connectivity index (χ0v) is 15.9. The lowest BCUT2D eigenvalue weighted by molar-refractivity contribution is -0.710. The van der Waals surface area contributed by atoms with E-state index in [0.717, 1.165) is 22.4 Å². The summed E-state index contributed by atoms with van der Waals surface area (Å²) in [6, 6.07) is 14.9. The summed E-state index contributed by atoms with van der Waals surface area (Å²) < 4.78 is 23.6. The highest BCUT2D eigenvalue weighted by atomic mass is 32.2. The second-order valence-corrected chi connectivity index (χ2v) is 9.28. The fourth-order valence-corrected chi connectivity index (χ4v) is 5.10. The lowest BCUT2D eigenvalue weighted by Crippen LogP contribution is -2.93. The summed E-state index contributed by atoms with van der Waals surface area (Å²) in [4.78, 5) is 13.0. The van der Waals surface area contributed by atoms with Gasteiger partial charge in [0.05, 0.1) is 5.75 Å². The molecule has 2 atom stereocenters. The van der Waals surface area contributed by atoms with E-state index in [1.54, 1.807) is 0 Å². The minimum Gasteiger partial charge on any atom is -0.329 e. The van der Waals surface area contributed by atoms with Gasteiger partial charge in [0.1, 0.15) is 11.8 Å². The molecule has 2 aromatic carbocycles. The molecule has 1 heterocycles. The van der Waals surface area contributed by atoms with E-state index in [4.69, 9.17) is 0 Å². The number of hydrogen-bond acceptors (Lipinski definition) is 3. The van der Waals surface area contributed by atoms with Crippen molar-refractivity contribution in [3.05, 3.63) is 65.2 Å². The van der Waals surface area contributed by atoms with E-state index in [1.807, 2.05) is 67.7 Å². The van der Waals surface area contributed by atoms with Crippen molar-refractivity contribution in [1.29, 1.82) is 0 Å². The summed E-state index contributed by atoms with van der Waals surface area (Å²) in [5.74, 6) is 0.204. The van der Waals surface area contributed by atoms with Crippen LogP contribution in [0.4, 0.5) is 5.69 Å². The van der Waals surface area contributed by atoms with Crippen LogP contribution in [0.15, 0.2) is 48.5 Å². The highest BCUT2D eigenvalue weighted by Crippen LogP contribution is 2.19. The van der Waals surface area contributed by atoms with Gasteiger partial charge in [-0.2, -0.15) is 0 Å². The van der Waals surface area contributed by atoms with Gasteiger partial charge in [-0.3, -0.25) is 4.79 Å². The number of amides is 1. The average molecular weight is 373 g/mol. The number of aryl methyl sites for hydroxylation is 2. The number of carbonyl (C=O) groups is 1. The van der Waals surface area contributed by atoms with Crippen molar-refractivity contribution in [2.24, 2.45) is 0 Å². The van der Waals surface area contributed by atoms with E-state index in [1.165, 1.54) is 0 Å². The van der Waals surface area contributed by atoms with Crippen LogP contribution in [-0.4, -0.2) is 31.9 Å². The number of nitrogens with two attached hydrogens (primary N) is 1. The summed E-state index contributed by atoms with van der Waals surface area (Å²) in [6.45, 7) is 3.94. The maximum absolute atomic E-state index is 13.0. The van der Waals surface area contributed by atoms with E-state index >= 15 is 0 Å². The standard InChI is InChI=1S/C20H24N2O3S/c1-14-8-9-15(2)18(12-14)22-20(23)19(16-6-4-3-5-7-16)21-17-10-11-26(24,25)13-17/h3-9,12,17,19,21H,10-11,13H2,1-2H3,(H,22,23)/p+1/t17-,19-/m0/s1. The number of rotatable bonds is 5. The van der Waals surface area contributed by atoms with Crippen LogP contribution in [0.1, 0.15) is 29.2 Å². The average Bonchev–Trinajstić information content (AvgIpc) is 2.95. The summed E-state index contributed by atoms with van der Waals surface area (Å²) in [5.41, 5.74) is 3.75. The fourth-order valence-electron chi connectivity index (χ4n) is 3.34. The largest absolute Gasteiger partial charge is 0.329 e. The Hall–Kier alpha value is -2.18.